The zero-order valence-electron chi connectivity index (χ0n) is 13.1. The molecule has 24 heavy (non-hydrogen) atoms. The van der Waals surface area contributed by atoms with E-state index in [1.165, 1.54) is 11.8 Å². The number of nitrogens with zero attached hydrogens (tertiary/aromatic N) is 3. The zero-order chi connectivity index (χ0) is 16.7. The Hall–Kier alpha value is -2.54. The first-order valence-corrected chi connectivity index (χ1v) is 8.74. The van der Waals surface area contributed by atoms with Gasteiger partial charge in [0.15, 0.2) is 17.1 Å². The highest BCUT2D eigenvalue weighted by Gasteiger charge is 2.19. The van der Waals surface area contributed by atoms with Crippen molar-refractivity contribution in [1.29, 1.82) is 0 Å². The topological polar surface area (TPSA) is 66.2 Å². The van der Waals surface area contributed by atoms with Crippen LogP contribution in [-0.4, -0.2) is 27.8 Å². The van der Waals surface area contributed by atoms with E-state index in [1.54, 1.807) is 16.7 Å². The molecule has 3 aromatic rings. The molecule has 0 N–H and O–H groups in total. The number of hydrogen-bond donors (Lipinski definition) is 0. The Morgan fingerprint density at radius 1 is 1.21 bits per heavy atom. The predicted octanol–water partition coefficient (Wildman–Crippen LogP) is 2.97. The third kappa shape index (κ3) is 2.24. The van der Waals surface area contributed by atoms with Crippen molar-refractivity contribution < 1.29 is 9.47 Å². The molecule has 0 amide bonds. The highest BCUT2D eigenvalue weighted by Crippen LogP contribution is 2.37. The standard InChI is InChI=1S/C17H15N3O3S/c1-3-4-5-20-16-11(8-15(24-2)18-19-16)10-6-13-14(23-9-22-13)7-12(10)17(20)21/h3,6-8H,1,4-5,9H2,2H3. The molecule has 1 aliphatic rings. The summed E-state index contributed by atoms with van der Waals surface area (Å²) >= 11 is 1.51. The van der Waals surface area contributed by atoms with Gasteiger partial charge in [-0.15, -0.1) is 28.5 Å². The third-order valence-electron chi connectivity index (χ3n) is 4.05. The molecule has 7 heteroatoms. The van der Waals surface area contributed by atoms with Gasteiger partial charge in [-0.05, 0) is 30.9 Å². The second-order valence-electron chi connectivity index (χ2n) is 5.41. The molecule has 0 aliphatic carbocycles. The maximum Gasteiger partial charge on any atom is 0.260 e. The van der Waals surface area contributed by atoms with E-state index in [2.05, 4.69) is 16.8 Å². The van der Waals surface area contributed by atoms with E-state index in [4.69, 9.17) is 9.47 Å². The minimum absolute atomic E-state index is 0.108. The van der Waals surface area contributed by atoms with Gasteiger partial charge in [0.2, 0.25) is 6.79 Å². The molecule has 0 unspecified atom stereocenters. The van der Waals surface area contributed by atoms with Crippen LogP contribution in [0.3, 0.4) is 0 Å². The third-order valence-corrected chi connectivity index (χ3v) is 4.67. The molecule has 6 nitrogen and oxygen atoms in total. The molecular weight excluding hydrogens is 326 g/mol. The van der Waals surface area contributed by atoms with Crippen LogP contribution in [-0.2, 0) is 6.54 Å². The van der Waals surface area contributed by atoms with Crippen LogP contribution in [0.1, 0.15) is 6.42 Å². The quantitative estimate of drug-likeness (QED) is 0.413. The molecule has 0 bridgehead atoms. The number of fused-ring (bicyclic) bond motifs is 4. The number of ether oxygens (including phenoxy) is 2. The van der Waals surface area contributed by atoms with Gasteiger partial charge in [-0.2, -0.15) is 0 Å². The van der Waals surface area contributed by atoms with Crippen LogP contribution < -0.4 is 15.0 Å². The summed E-state index contributed by atoms with van der Waals surface area (Å²) in [6, 6.07) is 5.56. The Labute approximate surface area is 142 Å². The normalized spacial score (nSPS) is 12.9. The molecule has 2 aromatic heterocycles. The lowest BCUT2D eigenvalue weighted by Gasteiger charge is -2.12. The van der Waals surface area contributed by atoms with Crippen molar-refractivity contribution in [2.45, 2.75) is 18.0 Å². The fourth-order valence-electron chi connectivity index (χ4n) is 2.88. The summed E-state index contributed by atoms with van der Waals surface area (Å²) in [7, 11) is 0. The molecule has 0 atom stereocenters. The van der Waals surface area contributed by atoms with Crippen LogP contribution in [0.25, 0.3) is 21.8 Å². The van der Waals surface area contributed by atoms with E-state index in [1.807, 2.05) is 18.4 Å². The zero-order valence-corrected chi connectivity index (χ0v) is 13.9. The maximum absolute atomic E-state index is 13.0. The van der Waals surface area contributed by atoms with Crippen molar-refractivity contribution in [3.8, 4) is 11.5 Å². The largest absolute Gasteiger partial charge is 0.454 e. The van der Waals surface area contributed by atoms with Crippen LogP contribution in [0, 0.1) is 0 Å². The van der Waals surface area contributed by atoms with Gasteiger partial charge < -0.3 is 9.47 Å². The minimum Gasteiger partial charge on any atom is -0.454 e. The van der Waals surface area contributed by atoms with Crippen LogP contribution in [0.15, 0.2) is 40.7 Å². The molecule has 122 valence electrons. The number of hydrogen-bond acceptors (Lipinski definition) is 6. The van der Waals surface area contributed by atoms with E-state index in [0.29, 0.717) is 35.5 Å². The van der Waals surface area contributed by atoms with Crippen molar-refractivity contribution in [3.05, 3.63) is 41.2 Å². The number of pyridine rings is 1. The molecule has 3 heterocycles. The van der Waals surface area contributed by atoms with Crippen LogP contribution in [0.4, 0.5) is 0 Å². The van der Waals surface area contributed by atoms with E-state index >= 15 is 0 Å². The Balaban J connectivity index is 2.13. The van der Waals surface area contributed by atoms with Gasteiger partial charge in [0.25, 0.3) is 5.56 Å². The van der Waals surface area contributed by atoms with Crippen molar-refractivity contribution in [2.75, 3.05) is 13.0 Å². The summed E-state index contributed by atoms with van der Waals surface area (Å²) < 4.78 is 12.5. The number of aromatic nitrogens is 3. The smallest absolute Gasteiger partial charge is 0.260 e. The van der Waals surface area contributed by atoms with Gasteiger partial charge >= 0.3 is 0 Å². The Morgan fingerprint density at radius 3 is 2.67 bits per heavy atom. The summed E-state index contributed by atoms with van der Waals surface area (Å²) in [5.74, 6) is 1.25. The monoisotopic (exact) mass is 341 g/mol. The van der Waals surface area contributed by atoms with Gasteiger partial charge in [-0.1, -0.05) is 6.08 Å². The average Bonchev–Trinajstić information content (AvgIpc) is 3.07. The maximum atomic E-state index is 13.0. The Bertz CT molecular complexity index is 1030. The molecule has 0 radical (unpaired) electrons. The molecule has 4 rings (SSSR count). The second-order valence-corrected chi connectivity index (χ2v) is 6.24. The predicted molar refractivity (Wildman–Crippen MR) is 94.0 cm³/mol. The van der Waals surface area contributed by atoms with Crippen molar-refractivity contribution in [2.24, 2.45) is 0 Å². The highest BCUT2D eigenvalue weighted by molar-refractivity contribution is 7.98. The van der Waals surface area contributed by atoms with E-state index < -0.39 is 0 Å². The summed E-state index contributed by atoms with van der Waals surface area (Å²) in [6.45, 7) is 4.41. The van der Waals surface area contributed by atoms with Gasteiger partial charge in [-0.25, -0.2) is 0 Å². The van der Waals surface area contributed by atoms with Crippen LogP contribution in [0.2, 0.25) is 0 Å². The fraction of sp³-hybridized carbons (Fsp3) is 0.235. The molecule has 0 fully saturated rings. The number of benzene rings is 1. The van der Waals surface area contributed by atoms with Crippen molar-refractivity contribution in [1.82, 2.24) is 14.8 Å². The minimum atomic E-state index is -0.108. The first kappa shape index (κ1) is 15.0. The lowest BCUT2D eigenvalue weighted by atomic mass is 10.1. The molecule has 0 spiro atoms. The van der Waals surface area contributed by atoms with E-state index in [0.717, 1.165) is 15.8 Å². The highest BCUT2D eigenvalue weighted by atomic mass is 32.2. The lowest BCUT2D eigenvalue weighted by molar-refractivity contribution is 0.174. The number of thioether (sulfide) groups is 1. The molecule has 0 saturated heterocycles. The SMILES string of the molecule is C=CCCn1c(=O)c2cc3c(cc2c2cc(SC)nnc21)OCO3. The van der Waals surface area contributed by atoms with Crippen molar-refractivity contribution in [3.63, 3.8) is 0 Å². The molecule has 1 aromatic carbocycles. The number of rotatable bonds is 4. The lowest BCUT2D eigenvalue weighted by Crippen LogP contribution is -2.22. The van der Waals surface area contributed by atoms with Gasteiger partial charge in [0.1, 0.15) is 5.03 Å². The van der Waals surface area contributed by atoms with E-state index in [9.17, 15) is 4.79 Å². The number of allylic oxidation sites excluding steroid dienone is 1. The molecule has 0 saturated carbocycles. The first-order chi connectivity index (χ1) is 11.7. The van der Waals surface area contributed by atoms with Crippen molar-refractivity contribution >= 4 is 33.6 Å². The Morgan fingerprint density at radius 2 is 1.96 bits per heavy atom. The van der Waals surface area contributed by atoms with Crippen LogP contribution in [0.5, 0.6) is 11.5 Å². The summed E-state index contributed by atoms with van der Waals surface area (Å²) in [5.41, 5.74) is 0.467. The van der Waals surface area contributed by atoms with E-state index in [-0.39, 0.29) is 12.4 Å². The average molecular weight is 341 g/mol. The van der Waals surface area contributed by atoms with Gasteiger partial charge in [0.05, 0.1) is 5.39 Å². The second kappa shape index (κ2) is 5.83. The summed E-state index contributed by atoms with van der Waals surface area (Å²) in [4.78, 5) is 13.0. The Kier molecular flexibility index (Phi) is 3.65. The summed E-state index contributed by atoms with van der Waals surface area (Å²) in [6.07, 6.45) is 4.41. The number of aryl methyl sites for hydroxylation is 1. The van der Waals surface area contributed by atoms with Gasteiger partial charge in [-0.3, -0.25) is 9.36 Å². The molecule has 1 aliphatic heterocycles. The van der Waals surface area contributed by atoms with Crippen LogP contribution >= 0.6 is 11.8 Å². The summed E-state index contributed by atoms with van der Waals surface area (Å²) in [5, 5.41) is 11.6. The molecular formula is C17H15N3O3S. The van der Waals surface area contributed by atoms with Gasteiger partial charge in [0, 0.05) is 17.3 Å². The first-order valence-electron chi connectivity index (χ1n) is 7.51. The fourth-order valence-corrected chi connectivity index (χ4v) is 3.23.